The van der Waals surface area contributed by atoms with Gasteiger partial charge in [0.05, 0.1) is 24.7 Å². The lowest BCUT2D eigenvalue weighted by molar-refractivity contribution is -0.140. The van der Waals surface area contributed by atoms with Crippen LogP contribution in [0.3, 0.4) is 0 Å². The highest BCUT2D eigenvalue weighted by Gasteiger charge is 2.37. The molecule has 1 amide bonds. The van der Waals surface area contributed by atoms with Crippen LogP contribution in [0.1, 0.15) is 5.56 Å². The number of rotatable bonds is 2. The van der Waals surface area contributed by atoms with Crippen LogP contribution in [-0.2, 0) is 15.7 Å². The minimum atomic E-state index is -4.38. The highest BCUT2D eigenvalue weighted by atomic mass is 19.4. The van der Waals surface area contributed by atoms with Gasteiger partial charge in [0, 0.05) is 32.4 Å². The normalized spacial score (nSPS) is 20.0. The van der Waals surface area contributed by atoms with Gasteiger partial charge in [0.25, 0.3) is 0 Å². The van der Waals surface area contributed by atoms with Crippen LogP contribution in [0.15, 0.2) is 18.3 Å². The molecule has 0 N–H and O–H groups in total. The van der Waals surface area contributed by atoms with E-state index in [2.05, 4.69) is 4.98 Å². The number of carbonyl (C=O) groups is 1. The molecule has 2 fully saturated rings. The first-order valence-electron chi connectivity index (χ1n) is 7.10. The number of halogens is 3. The number of hydrogen-bond acceptors (Lipinski definition) is 4. The fourth-order valence-electron chi connectivity index (χ4n) is 2.60. The fraction of sp³-hybridized carbons (Fsp3) is 0.571. The summed E-state index contributed by atoms with van der Waals surface area (Å²) in [6.45, 7) is 3.32. The average molecular weight is 315 g/mol. The Hall–Kier alpha value is -1.83. The zero-order chi connectivity index (χ0) is 15.7. The topological polar surface area (TPSA) is 45.7 Å². The smallest absolute Gasteiger partial charge is 0.378 e. The maximum Gasteiger partial charge on any atom is 0.417 e. The van der Waals surface area contributed by atoms with Crippen molar-refractivity contribution in [3.8, 4) is 0 Å². The van der Waals surface area contributed by atoms with Gasteiger partial charge in [0.2, 0.25) is 5.91 Å². The molecule has 0 aromatic carbocycles. The standard InChI is InChI=1S/C14H16F3N3O2/c15-14(16,17)11-1-2-12(18-7-11)20-8-10(9-20)13(21)19-3-5-22-6-4-19/h1-2,7,10H,3-6,8-9H2. The molecule has 0 spiro atoms. The molecule has 22 heavy (non-hydrogen) atoms. The van der Waals surface area contributed by atoms with Gasteiger partial charge in [-0.05, 0) is 12.1 Å². The average Bonchev–Trinajstić information content (AvgIpc) is 2.46. The molecule has 120 valence electrons. The molecule has 0 atom stereocenters. The summed E-state index contributed by atoms with van der Waals surface area (Å²) in [5.74, 6) is 0.452. The number of ether oxygens (including phenoxy) is 1. The SMILES string of the molecule is O=C(C1CN(c2ccc(C(F)(F)F)cn2)C1)N1CCOCC1. The lowest BCUT2D eigenvalue weighted by atomic mass is 9.98. The van der Waals surface area contributed by atoms with Crippen molar-refractivity contribution in [2.75, 3.05) is 44.3 Å². The van der Waals surface area contributed by atoms with E-state index < -0.39 is 11.7 Å². The molecule has 3 rings (SSSR count). The third kappa shape index (κ3) is 3.01. The van der Waals surface area contributed by atoms with E-state index in [0.717, 1.165) is 12.3 Å². The first-order valence-corrected chi connectivity index (χ1v) is 7.10. The molecule has 2 aliphatic rings. The van der Waals surface area contributed by atoms with E-state index in [9.17, 15) is 18.0 Å². The molecule has 1 aromatic rings. The number of nitrogens with zero attached hydrogens (tertiary/aromatic N) is 3. The van der Waals surface area contributed by atoms with Crippen LogP contribution in [0.25, 0.3) is 0 Å². The minimum absolute atomic E-state index is 0.0893. The summed E-state index contributed by atoms with van der Waals surface area (Å²) >= 11 is 0. The summed E-state index contributed by atoms with van der Waals surface area (Å²) in [5.41, 5.74) is -0.766. The maximum atomic E-state index is 12.5. The highest BCUT2D eigenvalue weighted by molar-refractivity contribution is 5.82. The molecule has 0 bridgehead atoms. The van der Waals surface area contributed by atoms with Crippen LogP contribution in [0.5, 0.6) is 0 Å². The second-order valence-corrected chi connectivity index (χ2v) is 5.44. The first kappa shape index (κ1) is 15.1. The second kappa shape index (κ2) is 5.75. The molecule has 0 unspecified atom stereocenters. The summed E-state index contributed by atoms with van der Waals surface area (Å²) in [6, 6.07) is 2.36. The zero-order valence-electron chi connectivity index (χ0n) is 11.8. The Morgan fingerprint density at radius 2 is 1.91 bits per heavy atom. The van der Waals surface area contributed by atoms with Crippen molar-refractivity contribution in [1.29, 1.82) is 0 Å². The van der Waals surface area contributed by atoms with E-state index in [1.807, 2.05) is 4.90 Å². The number of pyridine rings is 1. The number of morpholine rings is 1. The van der Waals surface area contributed by atoms with E-state index in [1.165, 1.54) is 6.07 Å². The molecule has 5 nitrogen and oxygen atoms in total. The Kier molecular flexibility index (Phi) is 3.94. The first-order chi connectivity index (χ1) is 10.4. The molecule has 1 aromatic heterocycles. The summed E-state index contributed by atoms with van der Waals surface area (Å²) in [5, 5.41) is 0. The van der Waals surface area contributed by atoms with Crippen molar-refractivity contribution < 1.29 is 22.7 Å². The van der Waals surface area contributed by atoms with Crippen molar-refractivity contribution in [3.63, 3.8) is 0 Å². The van der Waals surface area contributed by atoms with E-state index in [0.29, 0.717) is 45.2 Å². The number of anilines is 1. The monoisotopic (exact) mass is 315 g/mol. The number of alkyl halides is 3. The van der Waals surface area contributed by atoms with Gasteiger partial charge in [-0.15, -0.1) is 0 Å². The van der Waals surface area contributed by atoms with Gasteiger partial charge in [-0.1, -0.05) is 0 Å². The number of amides is 1. The third-order valence-electron chi connectivity index (χ3n) is 3.95. The Morgan fingerprint density at radius 3 is 2.45 bits per heavy atom. The Balaban J connectivity index is 1.55. The third-order valence-corrected chi connectivity index (χ3v) is 3.95. The lowest BCUT2D eigenvalue weighted by Crippen LogP contribution is -2.56. The van der Waals surface area contributed by atoms with Crippen molar-refractivity contribution in [1.82, 2.24) is 9.88 Å². The van der Waals surface area contributed by atoms with Crippen molar-refractivity contribution in [3.05, 3.63) is 23.9 Å². The Bertz CT molecular complexity index is 535. The predicted octanol–water partition coefficient (Wildman–Crippen LogP) is 1.40. The molecule has 3 heterocycles. The van der Waals surface area contributed by atoms with Gasteiger partial charge in [0.1, 0.15) is 5.82 Å². The maximum absolute atomic E-state index is 12.5. The van der Waals surface area contributed by atoms with Crippen LogP contribution in [0.4, 0.5) is 19.0 Å². The largest absolute Gasteiger partial charge is 0.417 e. The van der Waals surface area contributed by atoms with E-state index >= 15 is 0 Å². The Labute approximate surface area is 125 Å². The molecule has 0 saturated carbocycles. The second-order valence-electron chi connectivity index (χ2n) is 5.44. The van der Waals surface area contributed by atoms with E-state index in [-0.39, 0.29) is 11.8 Å². The quantitative estimate of drug-likeness (QED) is 0.827. The van der Waals surface area contributed by atoms with Crippen LogP contribution < -0.4 is 4.90 Å². The van der Waals surface area contributed by atoms with Crippen LogP contribution in [0.2, 0.25) is 0 Å². The Morgan fingerprint density at radius 1 is 1.23 bits per heavy atom. The lowest BCUT2D eigenvalue weighted by Gasteiger charge is -2.42. The predicted molar refractivity (Wildman–Crippen MR) is 72.3 cm³/mol. The van der Waals surface area contributed by atoms with Gasteiger partial charge in [-0.3, -0.25) is 4.79 Å². The van der Waals surface area contributed by atoms with Gasteiger partial charge >= 0.3 is 6.18 Å². The summed E-state index contributed by atoms with van der Waals surface area (Å²) < 4.78 is 42.6. The van der Waals surface area contributed by atoms with Crippen molar-refractivity contribution in [2.45, 2.75) is 6.18 Å². The van der Waals surface area contributed by atoms with Gasteiger partial charge in [-0.25, -0.2) is 4.98 Å². The van der Waals surface area contributed by atoms with Crippen LogP contribution in [0, 0.1) is 5.92 Å². The van der Waals surface area contributed by atoms with Crippen LogP contribution >= 0.6 is 0 Å². The molecular formula is C14H16F3N3O2. The van der Waals surface area contributed by atoms with Crippen molar-refractivity contribution in [2.24, 2.45) is 5.92 Å². The molecule has 2 aliphatic heterocycles. The molecule has 2 saturated heterocycles. The molecule has 0 aliphatic carbocycles. The van der Waals surface area contributed by atoms with E-state index in [4.69, 9.17) is 4.74 Å². The molecule has 8 heteroatoms. The van der Waals surface area contributed by atoms with Gasteiger partial charge < -0.3 is 14.5 Å². The van der Waals surface area contributed by atoms with E-state index in [1.54, 1.807) is 4.90 Å². The summed E-state index contributed by atoms with van der Waals surface area (Å²) in [4.78, 5) is 19.6. The minimum Gasteiger partial charge on any atom is -0.378 e. The van der Waals surface area contributed by atoms with Crippen molar-refractivity contribution >= 4 is 11.7 Å². The molecule has 0 radical (unpaired) electrons. The fourth-order valence-corrected chi connectivity index (χ4v) is 2.60. The summed E-state index contributed by atoms with van der Waals surface area (Å²) in [7, 11) is 0. The summed E-state index contributed by atoms with van der Waals surface area (Å²) in [6.07, 6.45) is -3.55. The molecular weight excluding hydrogens is 299 g/mol. The van der Waals surface area contributed by atoms with Gasteiger partial charge in [-0.2, -0.15) is 13.2 Å². The van der Waals surface area contributed by atoms with Crippen LogP contribution in [-0.4, -0.2) is 55.2 Å². The highest BCUT2D eigenvalue weighted by Crippen LogP contribution is 2.31. The zero-order valence-corrected chi connectivity index (χ0v) is 11.8. The number of carbonyl (C=O) groups excluding carboxylic acids is 1. The van der Waals surface area contributed by atoms with Gasteiger partial charge in [0.15, 0.2) is 0 Å². The number of hydrogen-bond donors (Lipinski definition) is 0. The number of aromatic nitrogens is 1.